The molecule has 2 aliphatic rings. The van der Waals surface area contributed by atoms with Crippen molar-refractivity contribution in [2.45, 2.75) is 56.2 Å². The highest BCUT2D eigenvalue weighted by atomic mass is 32.2. The van der Waals surface area contributed by atoms with E-state index in [1.165, 1.54) is 30.9 Å². The summed E-state index contributed by atoms with van der Waals surface area (Å²) in [5, 5.41) is 10.4. The van der Waals surface area contributed by atoms with Crippen LogP contribution in [0, 0.1) is 18.3 Å². The number of hydrogen-bond donors (Lipinski definition) is 4. The first-order valence-electron chi connectivity index (χ1n) is 13.0. The lowest BCUT2D eigenvalue weighted by atomic mass is 9.91. The first-order valence-corrected chi connectivity index (χ1v) is 13.8. The van der Waals surface area contributed by atoms with Crippen molar-refractivity contribution in [2.24, 2.45) is 24.4 Å². The molecule has 0 bridgehead atoms. The Bertz CT molecular complexity index is 1070. The van der Waals surface area contributed by atoms with Crippen molar-refractivity contribution in [2.75, 3.05) is 25.0 Å². The summed E-state index contributed by atoms with van der Waals surface area (Å²) in [7, 11) is 3.54. The lowest BCUT2D eigenvalue weighted by molar-refractivity contribution is 0.0955. The molecule has 1 aliphatic carbocycles. The van der Waals surface area contributed by atoms with E-state index in [0.29, 0.717) is 5.69 Å². The Hall–Kier alpha value is -3.04. The standard InChI is InChI=1S/C15H22N4OS.C11H15N3.C2H6/c1-9-14(7-13(19(9)3)15(20)18-2)21-11-4-5-12(17)10(6-11)8-16;12-5-3-10-9-11(4-6-13-10)14-7-1-2-8-14;1-2/h4-5,7-8,10-12,16H,6,17H2,1-3H3,(H,18,20);3-6,9H,1-2,7-8,12H2;1-2H3/b;5-3-;. The lowest BCUT2D eigenvalue weighted by Crippen LogP contribution is -2.34. The Morgan fingerprint density at radius 2 is 1.95 bits per heavy atom. The zero-order valence-electron chi connectivity index (χ0n) is 22.8. The first kappa shape index (κ1) is 30.2. The van der Waals surface area contributed by atoms with Gasteiger partial charge in [-0.05, 0) is 56.7 Å². The summed E-state index contributed by atoms with van der Waals surface area (Å²) in [5.74, 6) is 0.0148. The molecule has 6 N–H and O–H groups in total. The highest BCUT2D eigenvalue weighted by Crippen LogP contribution is 2.35. The summed E-state index contributed by atoms with van der Waals surface area (Å²) in [4.78, 5) is 19.5. The van der Waals surface area contributed by atoms with Crippen molar-refractivity contribution in [3.05, 3.63) is 59.8 Å². The zero-order valence-corrected chi connectivity index (χ0v) is 23.6. The van der Waals surface area contributed by atoms with E-state index in [-0.39, 0.29) is 23.1 Å². The average molecular weight is 526 g/mol. The smallest absolute Gasteiger partial charge is 0.267 e. The van der Waals surface area contributed by atoms with E-state index >= 15 is 0 Å². The summed E-state index contributed by atoms with van der Waals surface area (Å²) in [6, 6.07) is 6.01. The van der Waals surface area contributed by atoms with Gasteiger partial charge in [0.25, 0.3) is 5.91 Å². The molecular weight excluding hydrogens is 482 g/mol. The van der Waals surface area contributed by atoms with Gasteiger partial charge in [-0.2, -0.15) is 0 Å². The largest absolute Gasteiger partial charge is 0.405 e. The van der Waals surface area contributed by atoms with E-state index in [0.717, 1.165) is 35.8 Å². The molecule has 202 valence electrons. The van der Waals surface area contributed by atoms with E-state index in [2.05, 4.69) is 33.4 Å². The minimum absolute atomic E-state index is 0.0577. The summed E-state index contributed by atoms with van der Waals surface area (Å²) in [6.07, 6.45) is 14.2. The highest BCUT2D eigenvalue weighted by Gasteiger charge is 2.24. The van der Waals surface area contributed by atoms with E-state index < -0.39 is 0 Å². The van der Waals surface area contributed by atoms with Gasteiger partial charge in [0.15, 0.2) is 0 Å². The topological polar surface area (TPSA) is 126 Å². The van der Waals surface area contributed by atoms with E-state index in [9.17, 15) is 4.79 Å². The Morgan fingerprint density at radius 1 is 1.24 bits per heavy atom. The van der Waals surface area contributed by atoms with Crippen LogP contribution in [-0.2, 0) is 7.05 Å². The number of nitrogens with two attached hydrogens (primary N) is 2. The third kappa shape index (κ3) is 8.23. The van der Waals surface area contributed by atoms with Gasteiger partial charge in [0.2, 0.25) is 0 Å². The van der Waals surface area contributed by atoms with Crippen LogP contribution in [0.5, 0.6) is 0 Å². The predicted octanol–water partition coefficient (Wildman–Crippen LogP) is 4.34. The van der Waals surface area contributed by atoms with Gasteiger partial charge in [0.1, 0.15) is 5.69 Å². The van der Waals surface area contributed by atoms with Crippen molar-refractivity contribution in [1.29, 1.82) is 5.41 Å². The monoisotopic (exact) mass is 525 g/mol. The molecular formula is C28H43N7OS. The molecule has 1 aliphatic heterocycles. The second kappa shape index (κ2) is 15.3. The number of aromatic nitrogens is 2. The molecule has 3 heterocycles. The molecule has 1 amide bonds. The van der Waals surface area contributed by atoms with Gasteiger partial charge in [-0.25, -0.2) is 0 Å². The third-order valence-corrected chi connectivity index (χ3v) is 7.81. The van der Waals surface area contributed by atoms with E-state index in [1.807, 2.05) is 56.8 Å². The number of nitrogens with one attached hydrogen (secondary N) is 2. The van der Waals surface area contributed by atoms with Crippen LogP contribution in [0.1, 0.15) is 55.0 Å². The number of carbonyl (C=O) groups is 1. The molecule has 3 atom stereocenters. The maximum atomic E-state index is 11.8. The highest BCUT2D eigenvalue weighted by molar-refractivity contribution is 8.00. The van der Waals surface area contributed by atoms with Gasteiger partial charge < -0.3 is 31.7 Å². The normalized spacial score (nSPS) is 20.6. The molecule has 0 saturated carbocycles. The second-order valence-corrected chi connectivity index (χ2v) is 10.1. The van der Waals surface area contributed by atoms with E-state index in [1.54, 1.807) is 18.8 Å². The molecule has 0 radical (unpaired) electrons. The van der Waals surface area contributed by atoms with Crippen LogP contribution < -0.4 is 21.7 Å². The Morgan fingerprint density at radius 3 is 2.57 bits per heavy atom. The van der Waals surface area contributed by atoms with Crippen LogP contribution in [0.3, 0.4) is 0 Å². The Kier molecular flexibility index (Phi) is 12.5. The quantitative estimate of drug-likeness (QED) is 0.328. The minimum atomic E-state index is -0.0778. The molecule has 1 fully saturated rings. The number of thioether (sulfide) groups is 1. The molecule has 0 aromatic carbocycles. The van der Waals surface area contributed by atoms with Crippen molar-refractivity contribution in [1.82, 2.24) is 14.9 Å². The summed E-state index contributed by atoms with van der Waals surface area (Å²) < 4.78 is 1.91. The second-order valence-electron chi connectivity index (χ2n) is 8.79. The third-order valence-electron chi connectivity index (χ3n) is 6.49. The van der Waals surface area contributed by atoms with E-state index in [4.69, 9.17) is 16.9 Å². The lowest BCUT2D eigenvalue weighted by Gasteiger charge is -2.26. The molecule has 1 saturated heterocycles. The molecule has 2 aromatic rings. The van der Waals surface area contributed by atoms with Crippen molar-refractivity contribution >= 4 is 35.6 Å². The van der Waals surface area contributed by atoms with Crippen LogP contribution in [0.15, 0.2) is 47.6 Å². The van der Waals surface area contributed by atoms with Gasteiger partial charge in [-0.1, -0.05) is 26.0 Å². The van der Waals surface area contributed by atoms with Crippen molar-refractivity contribution in [3.63, 3.8) is 0 Å². The Labute approximate surface area is 226 Å². The molecule has 4 rings (SSSR count). The van der Waals surface area contributed by atoms with Gasteiger partial charge >= 0.3 is 0 Å². The fraction of sp³-hybridized carbons (Fsp3) is 0.464. The van der Waals surface area contributed by atoms with Gasteiger partial charge in [-0.15, -0.1) is 11.8 Å². The SMILES string of the molecule is CC.CNC(=O)c1cc(SC2C=CC(N)C(C=N)C2)c(C)n1C.N/C=C\c1cc(N2CCCC2)ccn1. The number of carbonyl (C=O) groups excluding carboxylic acids is 1. The molecule has 0 spiro atoms. The number of nitrogens with zero attached hydrogens (tertiary/aromatic N) is 3. The maximum absolute atomic E-state index is 11.8. The molecule has 2 aromatic heterocycles. The summed E-state index contributed by atoms with van der Waals surface area (Å²) in [5.41, 5.74) is 15.2. The van der Waals surface area contributed by atoms with Gasteiger partial charge in [-0.3, -0.25) is 9.78 Å². The number of anilines is 1. The minimum Gasteiger partial charge on any atom is -0.405 e. The molecule has 8 nitrogen and oxygen atoms in total. The molecule has 9 heteroatoms. The van der Waals surface area contributed by atoms with Crippen LogP contribution >= 0.6 is 11.8 Å². The maximum Gasteiger partial charge on any atom is 0.267 e. The number of rotatable bonds is 6. The molecule has 3 unspecified atom stereocenters. The van der Waals surface area contributed by atoms with Crippen molar-refractivity contribution < 1.29 is 4.79 Å². The number of amides is 1. The number of pyridine rings is 1. The average Bonchev–Trinajstić information content (AvgIpc) is 3.56. The summed E-state index contributed by atoms with van der Waals surface area (Å²) in [6.45, 7) is 8.34. The fourth-order valence-electron chi connectivity index (χ4n) is 4.26. The molecule has 37 heavy (non-hydrogen) atoms. The van der Waals surface area contributed by atoms with Crippen LogP contribution in [0.4, 0.5) is 5.69 Å². The number of hydrogen-bond acceptors (Lipinski definition) is 7. The first-order chi connectivity index (χ1) is 17.9. The van der Waals surface area contributed by atoms with Gasteiger partial charge in [0, 0.05) is 73.1 Å². The predicted molar refractivity (Wildman–Crippen MR) is 157 cm³/mol. The van der Waals surface area contributed by atoms with Crippen LogP contribution in [-0.4, -0.2) is 53.1 Å². The zero-order chi connectivity index (χ0) is 27.4. The Balaban J connectivity index is 0.000000260. The van der Waals surface area contributed by atoms with Crippen LogP contribution in [0.2, 0.25) is 0 Å². The van der Waals surface area contributed by atoms with Crippen LogP contribution in [0.25, 0.3) is 6.08 Å². The van der Waals surface area contributed by atoms with Gasteiger partial charge in [0.05, 0.1) is 5.69 Å². The van der Waals surface area contributed by atoms with Crippen molar-refractivity contribution in [3.8, 4) is 0 Å². The fourth-order valence-corrected chi connectivity index (χ4v) is 5.56. The summed E-state index contributed by atoms with van der Waals surface area (Å²) >= 11 is 1.73.